The summed E-state index contributed by atoms with van der Waals surface area (Å²) < 4.78 is 75.7. The summed E-state index contributed by atoms with van der Waals surface area (Å²) in [6.07, 6.45) is -10.3. The molecule has 0 aromatic heterocycles. The van der Waals surface area contributed by atoms with Crippen molar-refractivity contribution in [2.45, 2.75) is 18.4 Å². The van der Waals surface area contributed by atoms with Crippen LogP contribution in [0.15, 0.2) is 18.2 Å². The average Bonchev–Trinajstić information content (AvgIpc) is 2.24. The molecule has 0 spiro atoms. The Morgan fingerprint density at radius 2 is 1.42 bits per heavy atom. The van der Waals surface area contributed by atoms with Gasteiger partial charge in [0.15, 0.2) is 0 Å². The number of hydrogen-bond acceptors (Lipinski definition) is 2. The third-order valence-electron chi connectivity index (χ3n) is 2.29. The summed E-state index contributed by atoms with van der Waals surface area (Å²) in [4.78, 5) is 10.6. The molecule has 0 radical (unpaired) electrons. The Morgan fingerprint density at radius 3 is 1.68 bits per heavy atom. The Hall–Kier alpha value is -1.77. The first kappa shape index (κ1) is 15.3. The van der Waals surface area contributed by atoms with E-state index >= 15 is 0 Å². The molecule has 3 nitrogen and oxygen atoms in total. The van der Waals surface area contributed by atoms with Gasteiger partial charge in [0.1, 0.15) is 6.04 Å². The Labute approximate surface area is 102 Å². The first-order chi connectivity index (χ1) is 8.46. The zero-order valence-electron chi connectivity index (χ0n) is 9.01. The molecule has 1 atom stereocenters. The standard InChI is InChI=1S/C10H7F6NO2/c11-9(12,13)4-2-1-3-5(10(14,15)16)6(4)7(17)8(18)19/h1-3,7H,17H2,(H,18,19)/t7-/m0/s1. The summed E-state index contributed by atoms with van der Waals surface area (Å²) in [7, 11) is 0. The molecule has 1 aromatic carbocycles. The van der Waals surface area contributed by atoms with Gasteiger partial charge in [0, 0.05) is 5.56 Å². The van der Waals surface area contributed by atoms with Crippen molar-refractivity contribution >= 4 is 5.97 Å². The topological polar surface area (TPSA) is 63.3 Å². The number of carboxylic acids is 1. The van der Waals surface area contributed by atoms with E-state index in [0.29, 0.717) is 18.2 Å². The van der Waals surface area contributed by atoms with E-state index in [1.54, 1.807) is 0 Å². The van der Waals surface area contributed by atoms with Crippen molar-refractivity contribution in [3.05, 3.63) is 34.9 Å². The zero-order chi connectivity index (χ0) is 15.0. The summed E-state index contributed by atoms with van der Waals surface area (Å²) >= 11 is 0. The Balaban J connectivity index is 3.64. The molecule has 0 unspecified atom stereocenters. The van der Waals surface area contributed by atoms with E-state index in [9.17, 15) is 31.1 Å². The van der Waals surface area contributed by atoms with Crippen LogP contribution in [0, 0.1) is 0 Å². The predicted octanol–water partition coefficient (Wildman–Crippen LogP) is 2.81. The fourth-order valence-electron chi connectivity index (χ4n) is 1.52. The van der Waals surface area contributed by atoms with Gasteiger partial charge >= 0.3 is 18.3 Å². The number of nitrogens with two attached hydrogens (primary N) is 1. The summed E-state index contributed by atoms with van der Waals surface area (Å²) in [5.41, 5.74) is 0.0207. The van der Waals surface area contributed by atoms with E-state index < -0.39 is 41.1 Å². The van der Waals surface area contributed by atoms with Gasteiger partial charge < -0.3 is 10.8 Å². The van der Waals surface area contributed by atoms with Gasteiger partial charge in [0.2, 0.25) is 0 Å². The van der Waals surface area contributed by atoms with Gasteiger partial charge in [-0.05, 0) is 12.1 Å². The number of rotatable bonds is 2. The van der Waals surface area contributed by atoms with Gasteiger partial charge in [-0.2, -0.15) is 26.3 Å². The van der Waals surface area contributed by atoms with Crippen molar-refractivity contribution in [3.8, 4) is 0 Å². The minimum atomic E-state index is -5.14. The lowest BCUT2D eigenvalue weighted by atomic mass is 9.94. The second-order valence-electron chi connectivity index (χ2n) is 3.58. The van der Waals surface area contributed by atoms with E-state index in [-0.39, 0.29) is 0 Å². The fourth-order valence-corrected chi connectivity index (χ4v) is 1.52. The number of carbonyl (C=O) groups is 1. The van der Waals surface area contributed by atoms with E-state index in [2.05, 4.69) is 0 Å². The highest BCUT2D eigenvalue weighted by Crippen LogP contribution is 2.41. The van der Waals surface area contributed by atoms with Crippen molar-refractivity contribution in [2.75, 3.05) is 0 Å². The number of alkyl halides is 6. The van der Waals surface area contributed by atoms with Crippen LogP contribution < -0.4 is 5.73 Å². The maximum atomic E-state index is 12.6. The van der Waals surface area contributed by atoms with Gasteiger partial charge in [0.05, 0.1) is 11.1 Å². The first-order valence-corrected chi connectivity index (χ1v) is 4.72. The third-order valence-corrected chi connectivity index (χ3v) is 2.29. The number of hydrogen-bond donors (Lipinski definition) is 2. The molecule has 9 heteroatoms. The first-order valence-electron chi connectivity index (χ1n) is 4.72. The van der Waals surface area contributed by atoms with Crippen molar-refractivity contribution in [2.24, 2.45) is 5.73 Å². The number of benzene rings is 1. The molecule has 0 aliphatic carbocycles. The van der Waals surface area contributed by atoms with Crippen LogP contribution in [0.2, 0.25) is 0 Å². The minimum Gasteiger partial charge on any atom is -0.480 e. The molecule has 0 bridgehead atoms. The van der Waals surface area contributed by atoms with Crippen molar-refractivity contribution < 1.29 is 36.2 Å². The van der Waals surface area contributed by atoms with Crippen LogP contribution in [0.1, 0.15) is 22.7 Å². The van der Waals surface area contributed by atoms with Gasteiger partial charge in [0.25, 0.3) is 0 Å². The van der Waals surface area contributed by atoms with Crippen molar-refractivity contribution in [1.29, 1.82) is 0 Å². The molecule has 0 fully saturated rings. The minimum absolute atomic E-state index is 0.355. The third kappa shape index (κ3) is 3.16. The lowest BCUT2D eigenvalue weighted by Gasteiger charge is -2.20. The van der Waals surface area contributed by atoms with E-state index in [0.717, 1.165) is 0 Å². The Bertz CT molecular complexity index is 462. The van der Waals surface area contributed by atoms with E-state index in [1.165, 1.54) is 0 Å². The highest BCUT2D eigenvalue weighted by molar-refractivity contribution is 5.76. The van der Waals surface area contributed by atoms with Gasteiger partial charge in [-0.15, -0.1) is 0 Å². The summed E-state index contributed by atoms with van der Waals surface area (Å²) in [6, 6.07) is -1.17. The quantitative estimate of drug-likeness (QED) is 0.822. The second-order valence-corrected chi connectivity index (χ2v) is 3.58. The largest absolute Gasteiger partial charge is 0.480 e. The molecule has 0 amide bonds. The molecule has 1 aromatic rings. The summed E-state index contributed by atoms with van der Waals surface area (Å²) in [6.45, 7) is 0. The van der Waals surface area contributed by atoms with Crippen LogP contribution in [-0.4, -0.2) is 11.1 Å². The van der Waals surface area contributed by atoms with Crippen LogP contribution in [-0.2, 0) is 17.1 Å². The number of halogens is 6. The Morgan fingerprint density at radius 1 is 1.05 bits per heavy atom. The molecule has 106 valence electrons. The smallest absolute Gasteiger partial charge is 0.416 e. The molecular formula is C10H7F6NO2. The normalized spacial score (nSPS) is 14.3. The molecule has 3 N–H and O–H groups in total. The van der Waals surface area contributed by atoms with Gasteiger partial charge in [-0.1, -0.05) is 6.07 Å². The fraction of sp³-hybridized carbons (Fsp3) is 0.300. The van der Waals surface area contributed by atoms with Crippen LogP contribution in [0.25, 0.3) is 0 Å². The lowest BCUT2D eigenvalue weighted by Crippen LogP contribution is -2.28. The van der Waals surface area contributed by atoms with Crippen LogP contribution in [0.4, 0.5) is 26.3 Å². The molecule has 0 aliphatic rings. The SMILES string of the molecule is N[C@H](C(=O)O)c1c(C(F)(F)F)cccc1C(F)(F)F. The molecule has 1 rings (SSSR count). The van der Waals surface area contributed by atoms with Crippen LogP contribution >= 0.6 is 0 Å². The molecule has 19 heavy (non-hydrogen) atoms. The summed E-state index contributed by atoms with van der Waals surface area (Å²) in [5, 5.41) is 8.56. The van der Waals surface area contributed by atoms with E-state index in [4.69, 9.17) is 10.8 Å². The molecule has 0 saturated heterocycles. The van der Waals surface area contributed by atoms with Crippen molar-refractivity contribution in [3.63, 3.8) is 0 Å². The van der Waals surface area contributed by atoms with E-state index in [1.807, 2.05) is 0 Å². The zero-order valence-corrected chi connectivity index (χ0v) is 9.01. The monoisotopic (exact) mass is 287 g/mol. The lowest BCUT2D eigenvalue weighted by molar-refractivity contribution is -0.146. The predicted molar refractivity (Wildman–Crippen MR) is 51.0 cm³/mol. The average molecular weight is 287 g/mol. The van der Waals surface area contributed by atoms with Gasteiger partial charge in [-0.3, -0.25) is 4.79 Å². The number of carboxylic acid groups (broad SMARTS) is 1. The van der Waals surface area contributed by atoms with Crippen LogP contribution in [0.3, 0.4) is 0 Å². The van der Waals surface area contributed by atoms with Gasteiger partial charge in [-0.25, -0.2) is 0 Å². The maximum Gasteiger partial charge on any atom is 0.416 e. The van der Waals surface area contributed by atoms with Crippen molar-refractivity contribution in [1.82, 2.24) is 0 Å². The Kier molecular flexibility index (Phi) is 3.80. The molecule has 0 saturated carbocycles. The molecular weight excluding hydrogens is 280 g/mol. The second kappa shape index (κ2) is 4.72. The summed E-state index contributed by atoms with van der Waals surface area (Å²) in [5.74, 6) is -1.98. The van der Waals surface area contributed by atoms with Crippen LogP contribution in [0.5, 0.6) is 0 Å². The molecule has 0 heterocycles. The number of aliphatic carboxylic acids is 1. The molecule has 0 aliphatic heterocycles. The maximum absolute atomic E-state index is 12.6. The highest BCUT2D eigenvalue weighted by Gasteiger charge is 2.43. The highest BCUT2D eigenvalue weighted by atomic mass is 19.4.